The number of nitrogens with zero attached hydrogens (tertiary/aromatic N) is 2. The summed E-state index contributed by atoms with van der Waals surface area (Å²) in [5.41, 5.74) is 2.21. The van der Waals surface area contributed by atoms with Crippen molar-refractivity contribution in [2.75, 3.05) is 6.61 Å². The quantitative estimate of drug-likeness (QED) is 0.852. The van der Waals surface area contributed by atoms with Crippen molar-refractivity contribution < 1.29 is 9.53 Å². The van der Waals surface area contributed by atoms with Gasteiger partial charge in [0.2, 0.25) is 0 Å². The summed E-state index contributed by atoms with van der Waals surface area (Å²) in [6.07, 6.45) is 5.01. The number of benzene rings is 1. The van der Waals surface area contributed by atoms with Crippen LogP contribution in [0.1, 0.15) is 24.0 Å². The fraction of sp³-hybridized carbons (Fsp3) is 0.333. The molecular formula is C18H20N2O2. The van der Waals surface area contributed by atoms with Crippen LogP contribution in [0.15, 0.2) is 54.9 Å². The van der Waals surface area contributed by atoms with Crippen LogP contribution in [0.3, 0.4) is 0 Å². The molecule has 0 aliphatic carbocycles. The maximum atomic E-state index is 12.7. The number of rotatable bonds is 5. The van der Waals surface area contributed by atoms with Crippen molar-refractivity contribution in [1.29, 1.82) is 0 Å². The van der Waals surface area contributed by atoms with Crippen molar-refractivity contribution in [3.8, 4) is 0 Å². The number of ether oxygens (including phenoxy) is 1. The number of hydrogen-bond donors (Lipinski definition) is 0. The van der Waals surface area contributed by atoms with Gasteiger partial charge < -0.3 is 9.64 Å². The lowest BCUT2D eigenvalue weighted by atomic mass is 10.1. The van der Waals surface area contributed by atoms with Crippen molar-refractivity contribution in [2.24, 2.45) is 0 Å². The number of carbonyl (C=O) groups excluding carboxylic acids is 1. The second-order valence-electron chi connectivity index (χ2n) is 5.54. The molecule has 114 valence electrons. The molecule has 1 aliphatic rings. The zero-order valence-electron chi connectivity index (χ0n) is 12.5. The predicted octanol–water partition coefficient (Wildman–Crippen LogP) is 2.79. The number of pyridine rings is 1. The van der Waals surface area contributed by atoms with Crippen LogP contribution in [0, 0.1) is 0 Å². The summed E-state index contributed by atoms with van der Waals surface area (Å²) < 4.78 is 5.57. The van der Waals surface area contributed by atoms with E-state index < -0.39 is 0 Å². The molecule has 1 aromatic heterocycles. The standard InChI is InChI=1S/C18H20N2O2/c21-18(17-7-4-12-22-17)20(13-15-5-2-1-3-6-15)14-16-8-10-19-11-9-16/h1-3,5-6,8-11,17H,4,7,12-14H2. The van der Waals surface area contributed by atoms with E-state index in [2.05, 4.69) is 4.98 Å². The average Bonchev–Trinajstić information content (AvgIpc) is 3.10. The Bertz CT molecular complexity index is 553. The Labute approximate surface area is 130 Å². The smallest absolute Gasteiger partial charge is 0.252 e. The van der Waals surface area contributed by atoms with Gasteiger partial charge in [-0.1, -0.05) is 30.3 Å². The van der Waals surface area contributed by atoms with Crippen LogP contribution in [0.4, 0.5) is 0 Å². The summed E-state index contributed by atoms with van der Waals surface area (Å²) in [5, 5.41) is 0. The van der Waals surface area contributed by atoms with Crippen LogP contribution < -0.4 is 0 Å². The maximum absolute atomic E-state index is 12.7. The second kappa shape index (κ2) is 7.18. The van der Waals surface area contributed by atoms with Gasteiger partial charge in [-0.15, -0.1) is 0 Å². The lowest BCUT2D eigenvalue weighted by Crippen LogP contribution is -2.38. The molecule has 0 bridgehead atoms. The molecule has 2 heterocycles. The molecule has 0 N–H and O–H groups in total. The Morgan fingerprint density at radius 2 is 1.77 bits per heavy atom. The Morgan fingerprint density at radius 3 is 2.41 bits per heavy atom. The summed E-state index contributed by atoms with van der Waals surface area (Å²) in [6.45, 7) is 1.86. The molecular weight excluding hydrogens is 276 g/mol. The summed E-state index contributed by atoms with van der Waals surface area (Å²) in [4.78, 5) is 18.6. The summed E-state index contributed by atoms with van der Waals surface area (Å²) >= 11 is 0. The molecule has 1 saturated heterocycles. The third kappa shape index (κ3) is 3.71. The van der Waals surface area contributed by atoms with E-state index in [1.165, 1.54) is 0 Å². The summed E-state index contributed by atoms with van der Waals surface area (Å²) in [5.74, 6) is 0.0816. The number of carbonyl (C=O) groups is 1. The van der Waals surface area contributed by atoms with Gasteiger partial charge >= 0.3 is 0 Å². The van der Waals surface area contributed by atoms with Gasteiger partial charge in [-0.3, -0.25) is 9.78 Å². The normalized spacial score (nSPS) is 17.4. The van der Waals surface area contributed by atoms with Crippen LogP contribution in [0.5, 0.6) is 0 Å². The van der Waals surface area contributed by atoms with Gasteiger partial charge in [-0.2, -0.15) is 0 Å². The fourth-order valence-electron chi connectivity index (χ4n) is 2.70. The molecule has 2 aromatic rings. The number of amides is 1. The van der Waals surface area contributed by atoms with Crippen molar-refractivity contribution in [3.63, 3.8) is 0 Å². The van der Waals surface area contributed by atoms with Gasteiger partial charge in [0, 0.05) is 32.1 Å². The Kier molecular flexibility index (Phi) is 4.81. The highest BCUT2D eigenvalue weighted by Crippen LogP contribution is 2.18. The second-order valence-corrected chi connectivity index (χ2v) is 5.54. The molecule has 22 heavy (non-hydrogen) atoms. The summed E-state index contributed by atoms with van der Waals surface area (Å²) in [7, 11) is 0. The molecule has 0 saturated carbocycles. The zero-order chi connectivity index (χ0) is 15.2. The van der Waals surface area contributed by atoms with Gasteiger partial charge in [-0.25, -0.2) is 0 Å². The highest BCUT2D eigenvalue weighted by molar-refractivity contribution is 5.81. The van der Waals surface area contributed by atoms with Crippen molar-refractivity contribution in [3.05, 3.63) is 66.0 Å². The molecule has 1 aliphatic heterocycles. The molecule has 1 aromatic carbocycles. The SMILES string of the molecule is O=C(C1CCCO1)N(Cc1ccccc1)Cc1ccncc1. The Balaban J connectivity index is 1.76. The first kappa shape index (κ1) is 14.7. The van der Waals surface area contributed by atoms with Crippen molar-refractivity contribution in [2.45, 2.75) is 32.0 Å². The van der Waals surface area contributed by atoms with Crippen LogP contribution in [-0.2, 0) is 22.6 Å². The predicted molar refractivity (Wildman–Crippen MR) is 83.9 cm³/mol. The monoisotopic (exact) mass is 296 g/mol. The van der Waals surface area contributed by atoms with E-state index in [0.29, 0.717) is 19.7 Å². The fourth-order valence-corrected chi connectivity index (χ4v) is 2.70. The minimum absolute atomic E-state index is 0.0816. The first-order valence-corrected chi connectivity index (χ1v) is 7.66. The van der Waals surface area contributed by atoms with E-state index in [9.17, 15) is 4.79 Å². The molecule has 1 amide bonds. The van der Waals surface area contributed by atoms with Gasteiger partial charge in [0.25, 0.3) is 5.91 Å². The molecule has 4 nitrogen and oxygen atoms in total. The lowest BCUT2D eigenvalue weighted by Gasteiger charge is -2.25. The zero-order valence-corrected chi connectivity index (χ0v) is 12.5. The lowest BCUT2D eigenvalue weighted by molar-refractivity contribution is -0.142. The Morgan fingerprint density at radius 1 is 1.09 bits per heavy atom. The third-order valence-corrected chi connectivity index (χ3v) is 3.86. The van der Waals surface area contributed by atoms with Gasteiger partial charge in [0.15, 0.2) is 0 Å². The maximum Gasteiger partial charge on any atom is 0.252 e. The average molecular weight is 296 g/mol. The van der Waals surface area contributed by atoms with Crippen molar-refractivity contribution >= 4 is 5.91 Å². The minimum Gasteiger partial charge on any atom is -0.368 e. The number of aromatic nitrogens is 1. The van der Waals surface area contributed by atoms with Crippen LogP contribution >= 0.6 is 0 Å². The molecule has 0 spiro atoms. The Hall–Kier alpha value is -2.20. The van der Waals surface area contributed by atoms with E-state index in [1.807, 2.05) is 47.4 Å². The first-order valence-electron chi connectivity index (χ1n) is 7.66. The third-order valence-electron chi connectivity index (χ3n) is 3.86. The molecule has 1 fully saturated rings. The molecule has 3 rings (SSSR count). The van der Waals surface area contributed by atoms with Crippen LogP contribution in [0.25, 0.3) is 0 Å². The highest BCUT2D eigenvalue weighted by atomic mass is 16.5. The van der Waals surface area contributed by atoms with Crippen LogP contribution in [0.2, 0.25) is 0 Å². The molecule has 1 unspecified atom stereocenters. The van der Waals surface area contributed by atoms with Gasteiger partial charge in [-0.05, 0) is 36.1 Å². The first-order chi connectivity index (χ1) is 10.8. The minimum atomic E-state index is -0.287. The van der Waals surface area contributed by atoms with Gasteiger partial charge in [0.05, 0.1) is 0 Å². The van der Waals surface area contributed by atoms with E-state index in [0.717, 1.165) is 24.0 Å². The highest BCUT2D eigenvalue weighted by Gasteiger charge is 2.28. The number of hydrogen-bond acceptors (Lipinski definition) is 3. The van der Waals surface area contributed by atoms with E-state index in [1.54, 1.807) is 12.4 Å². The van der Waals surface area contributed by atoms with Crippen molar-refractivity contribution in [1.82, 2.24) is 9.88 Å². The summed E-state index contributed by atoms with van der Waals surface area (Å²) in [6, 6.07) is 14.0. The van der Waals surface area contributed by atoms with Crippen LogP contribution in [-0.4, -0.2) is 28.5 Å². The van der Waals surface area contributed by atoms with Gasteiger partial charge in [0.1, 0.15) is 6.10 Å². The molecule has 0 radical (unpaired) electrons. The van der Waals surface area contributed by atoms with E-state index in [-0.39, 0.29) is 12.0 Å². The largest absolute Gasteiger partial charge is 0.368 e. The van der Waals surface area contributed by atoms with E-state index in [4.69, 9.17) is 4.74 Å². The van der Waals surface area contributed by atoms with E-state index >= 15 is 0 Å². The molecule has 4 heteroatoms. The molecule has 1 atom stereocenters. The topological polar surface area (TPSA) is 42.4 Å².